The van der Waals surface area contributed by atoms with E-state index in [0.717, 1.165) is 11.8 Å². The van der Waals surface area contributed by atoms with Crippen molar-refractivity contribution < 1.29 is 23.0 Å². The molecule has 1 aromatic heterocycles. The Balaban J connectivity index is 2.61. The molecule has 6 nitrogen and oxygen atoms in total. The highest BCUT2D eigenvalue weighted by Gasteiger charge is 2.18. The number of ether oxygens (including phenoxy) is 2. The lowest BCUT2D eigenvalue weighted by molar-refractivity contribution is -0.0499. The van der Waals surface area contributed by atoms with Gasteiger partial charge in [0.05, 0.1) is 7.11 Å². The number of aromatic nitrogens is 2. The monoisotopic (exact) mass is 310 g/mol. The van der Waals surface area contributed by atoms with Crippen molar-refractivity contribution in [1.82, 2.24) is 9.78 Å². The first-order valence-electron chi connectivity index (χ1n) is 6.17. The lowest BCUT2D eigenvalue weighted by Gasteiger charge is -2.13. The van der Waals surface area contributed by atoms with Crippen molar-refractivity contribution in [3.63, 3.8) is 0 Å². The first-order valence-corrected chi connectivity index (χ1v) is 6.17. The predicted molar refractivity (Wildman–Crippen MR) is 72.5 cm³/mol. The van der Waals surface area contributed by atoms with Crippen molar-refractivity contribution in [3.8, 4) is 11.4 Å². The molecule has 0 unspecified atom stereocenters. The molecule has 0 aliphatic carbocycles. The summed E-state index contributed by atoms with van der Waals surface area (Å²) in [6.45, 7) is -1.54. The van der Waals surface area contributed by atoms with Crippen LogP contribution in [0.3, 0.4) is 0 Å². The number of para-hydroxylation sites is 2. The minimum Gasteiger partial charge on any atom is -0.464 e. The predicted octanol–water partition coefficient (Wildman–Crippen LogP) is 1.93. The lowest BCUT2D eigenvalue weighted by atomic mass is 10.2. The third kappa shape index (κ3) is 3.11. The van der Waals surface area contributed by atoms with E-state index in [9.17, 15) is 18.4 Å². The Morgan fingerprint density at radius 1 is 1.32 bits per heavy atom. The van der Waals surface area contributed by atoms with Crippen LogP contribution in [0, 0.1) is 6.92 Å². The Morgan fingerprint density at radius 2 is 2.00 bits per heavy atom. The molecule has 0 spiro atoms. The fraction of sp³-hybridized carbons (Fsp3) is 0.214. The lowest BCUT2D eigenvalue weighted by Crippen LogP contribution is -2.24. The van der Waals surface area contributed by atoms with E-state index in [-0.39, 0.29) is 17.0 Å². The Kier molecular flexibility index (Phi) is 4.50. The van der Waals surface area contributed by atoms with Crippen LogP contribution in [-0.4, -0.2) is 29.5 Å². The average molecular weight is 310 g/mol. The molecular weight excluding hydrogens is 298 g/mol. The van der Waals surface area contributed by atoms with Gasteiger partial charge in [0.2, 0.25) is 11.1 Å². The Labute approximate surface area is 123 Å². The first-order chi connectivity index (χ1) is 10.4. The molecule has 22 heavy (non-hydrogen) atoms. The van der Waals surface area contributed by atoms with Crippen molar-refractivity contribution in [1.29, 1.82) is 0 Å². The number of aryl methyl sites for hydroxylation is 1. The Hall–Kier alpha value is -2.77. The number of carbonyl (C=O) groups excluding carboxylic acids is 1. The summed E-state index contributed by atoms with van der Waals surface area (Å²) < 4.78 is 34.9. The molecule has 8 heteroatoms. The summed E-state index contributed by atoms with van der Waals surface area (Å²) in [5.41, 5.74) is -0.650. The van der Waals surface area contributed by atoms with E-state index < -0.39 is 23.7 Å². The summed E-state index contributed by atoms with van der Waals surface area (Å²) in [7, 11) is 1.12. The minimum absolute atomic E-state index is 0.135. The second kappa shape index (κ2) is 6.33. The summed E-state index contributed by atoms with van der Waals surface area (Å²) >= 11 is 0. The highest BCUT2D eigenvalue weighted by Crippen LogP contribution is 2.23. The van der Waals surface area contributed by atoms with Crippen molar-refractivity contribution >= 4 is 5.97 Å². The molecule has 0 saturated heterocycles. The van der Waals surface area contributed by atoms with Gasteiger partial charge in [0.25, 0.3) is 0 Å². The van der Waals surface area contributed by atoms with E-state index in [1.54, 1.807) is 6.07 Å². The van der Waals surface area contributed by atoms with Crippen LogP contribution in [0.25, 0.3) is 5.69 Å². The number of hydrogen-bond donors (Lipinski definition) is 0. The van der Waals surface area contributed by atoms with Crippen LogP contribution in [0.2, 0.25) is 0 Å². The van der Waals surface area contributed by atoms with Gasteiger partial charge in [-0.1, -0.05) is 12.1 Å². The maximum atomic E-state index is 12.4. The number of hydrogen-bond acceptors (Lipinski definition) is 5. The maximum Gasteiger partial charge on any atom is 0.387 e. The molecule has 1 heterocycles. The average Bonchev–Trinajstić information content (AvgIpc) is 2.49. The zero-order valence-electron chi connectivity index (χ0n) is 11.7. The van der Waals surface area contributed by atoms with Crippen LogP contribution in [0.1, 0.15) is 16.1 Å². The first kappa shape index (κ1) is 15.6. The van der Waals surface area contributed by atoms with Crippen molar-refractivity contribution in [3.05, 3.63) is 51.9 Å². The van der Waals surface area contributed by atoms with Gasteiger partial charge in [-0.15, -0.1) is 0 Å². The molecule has 0 aliphatic rings. The highest BCUT2D eigenvalue weighted by atomic mass is 19.3. The van der Waals surface area contributed by atoms with E-state index >= 15 is 0 Å². The second-order valence-corrected chi connectivity index (χ2v) is 4.27. The van der Waals surface area contributed by atoms with Gasteiger partial charge in [0.1, 0.15) is 5.69 Å². The molecule has 1 aromatic carbocycles. The maximum absolute atomic E-state index is 12.4. The number of methoxy groups -OCH3 is 1. The summed E-state index contributed by atoms with van der Waals surface area (Å²) in [5.74, 6) is -1.04. The largest absolute Gasteiger partial charge is 0.464 e. The fourth-order valence-corrected chi connectivity index (χ4v) is 1.81. The Morgan fingerprint density at radius 3 is 2.64 bits per heavy atom. The van der Waals surface area contributed by atoms with Gasteiger partial charge in [0.15, 0.2) is 5.75 Å². The number of rotatable bonds is 4. The third-order valence-electron chi connectivity index (χ3n) is 2.80. The number of esters is 1. The third-order valence-corrected chi connectivity index (χ3v) is 2.80. The molecule has 0 amide bonds. The SMILES string of the molecule is COC(=O)c1nn(-c2ccccc2OC(F)F)cc(C)c1=O. The quantitative estimate of drug-likeness (QED) is 0.807. The summed E-state index contributed by atoms with van der Waals surface area (Å²) in [6, 6.07) is 5.89. The molecule has 0 N–H and O–H groups in total. The molecule has 0 aliphatic heterocycles. The minimum atomic E-state index is -3.01. The van der Waals surface area contributed by atoms with Gasteiger partial charge in [-0.2, -0.15) is 13.9 Å². The van der Waals surface area contributed by atoms with Crippen LogP contribution in [-0.2, 0) is 4.74 Å². The van der Waals surface area contributed by atoms with E-state index in [4.69, 9.17) is 0 Å². The van der Waals surface area contributed by atoms with Gasteiger partial charge in [-0.3, -0.25) is 4.79 Å². The molecule has 0 atom stereocenters. The number of alkyl halides is 2. The summed E-state index contributed by atoms with van der Waals surface area (Å²) in [4.78, 5) is 23.5. The van der Waals surface area contributed by atoms with Crippen LogP contribution in [0.15, 0.2) is 35.3 Å². The van der Waals surface area contributed by atoms with Crippen LogP contribution in [0.4, 0.5) is 8.78 Å². The van der Waals surface area contributed by atoms with Crippen molar-refractivity contribution in [2.75, 3.05) is 7.11 Å². The molecule has 0 fully saturated rings. The van der Waals surface area contributed by atoms with Gasteiger partial charge >= 0.3 is 12.6 Å². The van der Waals surface area contributed by atoms with E-state index in [2.05, 4.69) is 14.6 Å². The van der Waals surface area contributed by atoms with Gasteiger partial charge in [-0.05, 0) is 19.1 Å². The van der Waals surface area contributed by atoms with Gasteiger partial charge < -0.3 is 9.47 Å². The number of carbonyl (C=O) groups is 1. The molecule has 0 bridgehead atoms. The number of nitrogens with zero attached hydrogens (tertiary/aromatic N) is 2. The molecule has 116 valence electrons. The summed E-state index contributed by atoms with van der Waals surface area (Å²) in [6.07, 6.45) is 1.32. The standard InChI is InChI=1S/C14H12F2N2O4/c1-8-7-18(17-11(12(8)19)13(20)21-2)9-5-3-4-6-10(9)22-14(15)16/h3-7,14H,1-2H3. The zero-order valence-corrected chi connectivity index (χ0v) is 11.7. The van der Waals surface area contributed by atoms with Crippen LogP contribution in [0.5, 0.6) is 5.75 Å². The number of benzene rings is 1. The highest BCUT2D eigenvalue weighted by molar-refractivity contribution is 5.87. The molecular formula is C14H12F2N2O4. The van der Waals surface area contributed by atoms with E-state index in [0.29, 0.717) is 0 Å². The normalized spacial score (nSPS) is 10.6. The molecule has 2 rings (SSSR count). The van der Waals surface area contributed by atoms with Crippen LogP contribution < -0.4 is 10.2 Å². The molecule has 2 aromatic rings. The van der Waals surface area contributed by atoms with Crippen molar-refractivity contribution in [2.24, 2.45) is 0 Å². The topological polar surface area (TPSA) is 70.4 Å². The fourth-order valence-electron chi connectivity index (χ4n) is 1.81. The van der Waals surface area contributed by atoms with Crippen molar-refractivity contribution in [2.45, 2.75) is 13.5 Å². The van der Waals surface area contributed by atoms with Gasteiger partial charge in [-0.25, -0.2) is 9.48 Å². The Bertz CT molecular complexity index is 759. The zero-order chi connectivity index (χ0) is 16.3. The van der Waals surface area contributed by atoms with E-state index in [1.807, 2.05) is 0 Å². The smallest absolute Gasteiger partial charge is 0.387 e. The molecule has 0 radical (unpaired) electrons. The second-order valence-electron chi connectivity index (χ2n) is 4.27. The van der Waals surface area contributed by atoms with E-state index in [1.165, 1.54) is 31.3 Å². The van der Waals surface area contributed by atoms with Crippen LogP contribution >= 0.6 is 0 Å². The molecule has 0 saturated carbocycles. The number of halogens is 2. The summed E-state index contributed by atoms with van der Waals surface area (Å²) in [5, 5.41) is 3.85. The van der Waals surface area contributed by atoms with Gasteiger partial charge in [0, 0.05) is 11.8 Å².